The van der Waals surface area contributed by atoms with Gasteiger partial charge in [-0.15, -0.1) is 0 Å². The monoisotopic (exact) mass is 358 g/mol. The Hall–Kier alpha value is -2.57. The summed E-state index contributed by atoms with van der Waals surface area (Å²) in [5.74, 6) is -0.808. The molecule has 0 atom stereocenters. The van der Waals surface area contributed by atoms with Gasteiger partial charge in [-0.3, -0.25) is 0 Å². The minimum Gasteiger partial charge on any atom is -0.376 e. The summed E-state index contributed by atoms with van der Waals surface area (Å²) in [6, 6.07) is 11.2. The summed E-state index contributed by atoms with van der Waals surface area (Å²) in [5.41, 5.74) is 1.20. The molecule has 6 heteroatoms. The average molecular weight is 358 g/mol. The third kappa shape index (κ3) is 3.02. The Balaban J connectivity index is 2.28. The van der Waals surface area contributed by atoms with Crippen molar-refractivity contribution in [3.8, 4) is 0 Å². The molecule has 0 amide bonds. The molecule has 0 spiro atoms. The second-order valence-corrected chi connectivity index (χ2v) is 6.19. The fraction of sp³-hybridized carbons (Fsp3) is 0.250. The van der Waals surface area contributed by atoms with Crippen molar-refractivity contribution in [1.29, 1.82) is 0 Å². The number of nitrogens with zero attached hydrogens (tertiary/aromatic N) is 2. The zero-order valence-corrected chi connectivity index (χ0v) is 14.8. The number of aliphatic hydroxyl groups is 1. The van der Waals surface area contributed by atoms with E-state index in [4.69, 9.17) is 4.74 Å². The number of rotatable bonds is 5. The van der Waals surface area contributed by atoms with Gasteiger partial charge in [0.1, 0.15) is 24.0 Å². The highest BCUT2D eigenvalue weighted by atomic mass is 19.1. The lowest BCUT2D eigenvalue weighted by Gasteiger charge is -2.30. The molecule has 26 heavy (non-hydrogen) atoms. The van der Waals surface area contributed by atoms with E-state index in [1.807, 2.05) is 6.92 Å². The van der Waals surface area contributed by atoms with E-state index in [-0.39, 0.29) is 6.73 Å². The summed E-state index contributed by atoms with van der Waals surface area (Å²) in [6.45, 7) is 3.84. The topological polar surface area (TPSA) is 47.3 Å². The van der Waals surface area contributed by atoms with Crippen molar-refractivity contribution in [3.05, 3.63) is 88.2 Å². The van der Waals surface area contributed by atoms with E-state index in [2.05, 4.69) is 5.10 Å². The van der Waals surface area contributed by atoms with Gasteiger partial charge in [-0.25, -0.2) is 13.5 Å². The second-order valence-electron chi connectivity index (χ2n) is 6.19. The Bertz CT molecular complexity index is 857. The van der Waals surface area contributed by atoms with Crippen molar-refractivity contribution in [2.45, 2.75) is 26.2 Å². The van der Waals surface area contributed by atoms with Gasteiger partial charge in [0.05, 0.1) is 5.69 Å². The van der Waals surface area contributed by atoms with Gasteiger partial charge in [0.2, 0.25) is 0 Å². The van der Waals surface area contributed by atoms with Crippen molar-refractivity contribution < 1.29 is 18.6 Å². The van der Waals surface area contributed by atoms with Gasteiger partial charge in [-0.2, -0.15) is 5.10 Å². The summed E-state index contributed by atoms with van der Waals surface area (Å²) in [5, 5.41) is 16.2. The maximum Gasteiger partial charge on any atom is 0.144 e. The van der Waals surface area contributed by atoms with E-state index >= 15 is 0 Å². The normalized spacial score (nSPS) is 11.8. The molecular weight excluding hydrogens is 338 g/mol. The van der Waals surface area contributed by atoms with Crippen LogP contribution in [0.25, 0.3) is 0 Å². The highest BCUT2D eigenvalue weighted by Crippen LogP contribution is 2.40. The van der Waals surface area contributed by atoms with Crippen LogP contribution in [0.5, 0.6) is 0 Å². The van der Waals surface area contributed by atoms with E-state index in [1.54, 1.807) is 18.7 Å². The van der Waals surface area contributed by atoms with Crippen LogP contribution in [-0.4, -0.2) is 22.0 Å². The molecule has 0 bridgehead atoms. The number of aromatic nitrogens is 2. The first kappa shape index (κ1) is 18.2. The number of aryl methyl sites for hydroxylation is 1. The number of ether oxygens (including phenoxy) is 1. The molecule has 0 aliphatic carbocycles. The first-order valence-electron chi connectivity index (χ1n) is 8.15. The predicted molar refractivity (Wildman–Crippen MR) is 93.6 cm³/mol. The lowest BCUT2D eigenvalue weighted by molar-refractivity contribution is 0.114. The Morgan fingerprint density at radius 3 is 1.85 bits per heavy atom. The van der Waals surface area contributed by atoms with Gasteiger partial charge in [0.25, 0.3) is 0 Å². The third-order valence-corrected chi connectivity index (χ3v) is 4.52. The van der Waals surface area contributed by atoms with E-state index in [0.717, 1.165) is 0 Å². The molecule has 1 aromatic heterocycles. The summed E-state index contributed by atoms with van der Waals surface area (Å²) in [6.07, 6.45) is 0. The van der Waals surface area contributed by atoms with Crippen LogP contribution in [0.15, 0.2) is 48.5 Å². The molecule has 0 unspecified atom stereocenters. The number of hydrogen-bond donors (Lipinski definition) is 1. The number of halogens is 2. The molecule has 0 aliphatic rings. The van der Waals surface area contributed by atoms with Crippen LogP contribution in [0.4, 0.5) is 8.78 Å². The van der Waals surface area contributed by atoms with Crippen LogP contribution in [0.3, 0.4) is 0 Å². The predicted octanol–water partition coefficient (Wildman–Crippen LogP) is 3.67. The van der Waals surface area contributed by atoms with Crippen LogP contribution in [0.2, 0.25) is 0 Å². The maximum absolute atomic E-state index is 13.4. The molecule has 0 saturated carbocycles. The minimum atomic E-state index is -1.61. The molecule has 3 aromatic rings. The van der Waals surface area contributed by atoms with Crippen LogP contribution in [-0.2, 0) is 17.1 Å². The Morgan fingerprint density at radius 1 is 0.962 bits per heavy atom. The lowest BCUT2D eigenvalue weighted by Crippen LogP contribution is -2.30. The van der Waals surface area contributed by atoms with Crippen LogP contribution >= 0.6 is 0 Å². The van der Waals surface area contributed by atoms with Gasteiger partial charge in [-0.1, -0.05) is 24.3 Å². The molecule has 2 aromatic carbocycles. The van der Waals surface area contributed by atoms with E-state index in [1.165, 1.54) is 48.5 Å². The average Bonchev–Trinajstić information content (AvgIpc) is 2.90. The van der Waals surface area contributed by atoms with Crippen molar-refractivity contribution in [2.24, 2.45) is 0 Å². The van der Waals surface area contributed by atoms with Crippen molar-refractivity contribution >= 4 is 0 Å². The fourth-order valence-corrected chi connectivity index (χ4v) is 3.31. The molecule has 0 radical (unpaired) electrons. The van der Waals surface area contributed by atoms with Gasteiger partial charge < -0.3 is 9.84 Å². The second kappa shape index (κ2) is 6.97. The van der Waals surface area contributed by atoms with Gasteiger partial charge in [0.15, 0.2) is 0 Å². The van der Waals surface area contributed by atoms with Gasteiger partial charge >= 0.3 is 0 Å². The van der Waals surface area contributed by atoms with Crippen molar-refractivity contribution in [1.82, 2.24) is 9.78 Å². The molecular formula is C20H20F2N2O2. The maximum atomic E-state index is 13.4. The van der Waals surface area contributed by atoms with E-state index in [9.17, 15) is 13.9 Å². The zero-order chi connectivity index (χ0) is 18.9. The first-order valence-corrected chi connectivity index (χ1v) is 8.15. The highest BCUT2D eigenvalue weighted by molar-refractivity contribution is 5.50. The number of benzene rings is 2. The molecule has 0 fully saturated rings. The smallest absolute Gasteiger partial charge is 0.144 e. The minimum absolute atomic E-state index is 0.232. The highest BCUT2D eigenvalue weighted by Gasteiger charge is 2.38. The molecule has 1 N–H and O–H groups in total. The Kier molecular flexibility index (Phi) is 4.89. The van der Waals surface area contributed by atoms with Crippen LogP contribution < -0.4 is 0 Å². The van der Waals surface area contributed by atoms with E-state index in [0.29, 0.717) is 28.1 Å². The summed E-state index contributed by atoms with van der Waals surface area (Å²) in [7, 11) is 1.56. The van der Waals surface area contributed by atoms with Gasteiger partial charge in [0, 0.05) is 18.4 Å². The van der Waals surface area contributed by atoms with Crippen molar-refractivity contribution in [3.63, 3.8) is 0 Å². The molecule has 0 aliphatic heterocycles. The standard InChI is InChI=1S/C20H20F2N2O2/c1-13-19(14(2)24(23-13)12-26-3)20(25,15-4-8-17(21)9-5-15)16-6-10-18(22)11-7-16/h4-11,25H,12H2,1-3H3. The molecule has 1 heterocycles. The van der Waals surface area contributed by atoms with Crippen molar-refractivity contribution in [2.75, 3.05) is 7.11 Å². The molecule has 136 valence electrons. The van der Waals surface area contributed by atoms with Gasteiger partial charge in [-0.05, 0) is 49.2 Å². The Morgan fingerprint density at radius 2 is 1.42 bits per heavy atom. The van der Waals surface area contributed by atoms with Crippen LogP contribution in [0.1, 0.15) is 28.1 Å². The third-order valence-electron chi connectivity index (χ3n) is 4.52. The summed E-state index contributed by atoms with van der Waals surface area (Å²) >= 11 is 0. The lowest BCUT2D eigenvalue weighted by atomic mass is 9.79. The summed E-state index contributed by atoms with van der Waals surface area (Å²) < 4.78 is 33.7. The molecule has 3 rings (SSSR count). The fourth-order valence-electron chi connectivity index (χ4n) is 3.31. The molecule has 0 saturated heterocycles. The zero-order valence-electron chi connectivity index (χ0n) is 14.8. The first-order chi connectivity index (χ1) is 12.4. The number of methoxy groups -OCH3 is 1. The van der Waals surface area contributed by atoms with E-state index < -0.39 is 17.2 Å². The quantitative estimate of drug-likeness (QED) is 0.757. The summed E-state index contributed by atoms with van der Waals surface area (Å²) in [4.78, 5) is 0. The largest absolute Gasteiger partial charge is 0.376 e. The number of hydrogen-bond acceptors (Lipinski definition) is 3. The molecule has 4 nitrogen and oxygen atoms in total. The SMILES string of the molecule is COCn1nc(C)c(C(O)(c2ccc(F)cc2)c2ccc(F)cc2)c1C. The van der Waals surface area contributed by atoms with Crippen LogP contribution in [0, 0.1) is 25.5 Å². The Labute approximate surface area is 150 Å².